The summed E-state index contributed by atoms with van der Waals surface area (Å²) in [5.74, 6) is 0.432. The molecule has 0 amide bonds. The summed E-state index contributed by atoms with van der Waals surface area (Å²) >= 11 is 0. The molecule has 3 fully saturated rings. The molecule has 20 heavy (non-hydrogen) atoms. The Morgan fingerprint density at radius 2 is 2.05 bits per heavy atom. The third-order valence-corrected chi connectivity index (χ3v) is 5.21. The Bertz CT molecular complexity index is 353. The van der Waals surface area contributed by atoms with Crippen molar-refractivity contribution >= 4 is 5.78 Å². The van der Waals surface area contributed by atoms with Gasteiger partial charge in [-0.15, -0.1) is 0 Å². The summed E-state index contributed by atoms with van der Waals surface area (Å²) in [4.78, 5) is 13.0. The SMILES string of the molecule is CCOC1(C(=O)C2CCOC3(CCOC3)C2)CCCC1. The Morgan fingerprint density at radius 1 is 1.25 bits per heavy atom. The molecule has 3 aliphatic rings. The van der Waals surface area contributed by atoms with Gasteiger partial charge >= 0.3 is 0 Å². The van der Waals surface area contributed by atoms with Gasteiger partial charge in [0.2, 0.25) is 0 Å². The lowest BCUT2D eigenvalue weighted by Gasteiger charge is -2.39. The molecule has 0 radical (unpaired) electrons. The molecular weight excluding hydrogens is 256 g/mol. The zero-order valence-corrected chi connectivity index (χ0v) is 12.5. The standard InChI is InChI=1S/C16H26O4/c1-2-19-16(6-3-4-7-16)14(17)13-5-9-20-15(11-13)8-10-18-12-15/h13H,2-12H2,1H3. The Hall–Kier alpha value is -0.450. The van der Waals surface area contributed by atoms with E-state index in [-0.39, 0.29) is 11.5 Å². The van der Waals surface area contributed by atoms with E-state index in [0.29, 0.717) is 25.6 Å². The van der Waals surface area contributed by atoms with E-state index in [9.17, 15) is 4.79 Å². The van der Waals surface area contributed by atoms with Crippen molar-refractivity contribution in [3.63, 3.8) is 0 Å². The van der Waals surface area contributed by atoms with E-state index >= 15 is 0 Å². The molecule has 2 aliphatic heterocycles. The molecule has 1 aliphatic carbocycles. The Morgan fingerprint density at radius 3 is 2.70 bits per heavy atom. The highest BCUT2D eigenvalue weighted by Gasteiger charge is 2.49. The van der Waals surface area contributed by atoms with Crippen LogP contribution in [-0.2, 0) is 19.0 Å². The molecule has 0 aromatic carbocycles. The smallest absolute Gasteiger partial charge is 0.167 e. The zero-order chi connectivity index (χ0) is 14.1. The van der Waals surface area contributed by atoms with Gasteiger partial charge in [-0.1, -0.05) is 0 Å². The van der Waals surface area contributed by atoms with E-state index in [0.717, 1.165) is 51.6 Å². The lowest BCUT2D eigenvalue weighted by atomic mass is 9.77. The molecule has 0 aromatic heterocycles. The number of ketones is 1. The van der Waals surface area contributed by atoms with Crippen molar-refractivity contribution in [2.75, 3.05) is 26.4 Å². The van der Waals surface area contributed by atoms with Gasteiger partial charge in [-0.05, 0) is 45.4 Å². The first-order valence-corrected chi connectivity index (χ1v) is 8.10. The van der Waals surface area contributed by atoms with Crippen molar-refractivity contribution in [2.45, 2.75) is 63.1 Å². The first-order chi connectivity index (χ1) is 9.70. The number of hydrogen-bond donors (Lipinski definition) is 0. The largest absolute Gasteiger partial charge is 0.378 e. The summed E-state index contributed by atoms with van der Waals surface area (Å²) in [6, 6.07) is 0. The maximum Gasteiger partial charge on any atom is 0.167 e. The normalized spacial score (nSPS) is 36.5. The molecule has 4 heteroatoms. The Labute approximate surface area is 121 Å². The molecule has 3 rings (SSSR count). The van der Waals surface area contributed by atoms with Crippen molar-refractivity contribution < 1.29 is 19.0 Å². The Balaban J connectivity index is 1.72. The summed E-state index contributed by atoms with van der Waals surface area (Å²) in [6.07, 6.45) is 6.63. The summed E-state index contributed by atoms with van der Waals surface area (Å²) in [6.45, 7) is 4.71. The molecule has 2 saturated heterocycles. The molecule has 2 heterocycles. The van der Waals surface area contributed by atoms with Crippen molar-refractivity contribution in [3.8, 4) is 0 Å². The molecule has 1 spiro atoms. The third kappa shape index (κ3) is 2.53. The molecule has 4 nitrogen and oxygen atoms in total. The van der Waals surface area contributed by atoms with Crippen molar-refractivity contribution in [1.29, 1.82) is 0 Å². The van der Waals surface area contributed by atoms with E-state index < -0.39 is 5.60 Å². The fourth-order valence-electron chi connectivity index (χ4n) is 4.17. The highest BCUT2D eigenvalue weighted by Crippen LogP contribution is 2.42. The second-order valence-corrected chi connectivity index (χ2v) is 6.52. The highest BCUT2D eigenvalue weighted by atomic mass is 16.6. The molecule has 0 bridgehead atoms. The van der Waals surface area contributed by atoms with Crippen LogP contribution in [0.15, 0.2) is 0 Å². The fraction of sp³-hybridized carbons (Fsp3) is 0.938. The van der Waals surface area contributed by atoms with Gasteiger partial charge in [0.1, 0.15) is 5.60 Å². The van der Waals surface area contributed by atoms with Gasteiger partial charge in [-0.2, -0.15) is 0 Å². The van der Waals surface area contributed by atoms with E-state index in [2.05, 4.69) is 0 Å². The minimum atomic E-state index is -0.489. The van der Waals surface area contributed by atoms with Crippen LogP contribution in [0.4, 0.5) is 0 Å². The van der Waals surface area contributed by atoms with E-state index in [4.69, 9.17) is 14.2 Å². The maximum absolute atomic E-state index is 13.0. The average molecular weight is 282 g/mol. The van der Waals surface area contributed by atoms with E-state index in [1.54, 1.807) is 0 Å². The zero-order valence-electron chi connectivity index (χ0n) is 12.5. The van der Waals surface area contributed by atoms with Crippen molar-refractivity contribution in [1.82, 2.24) is 0 Å². The predicted octanol–water partition coefficient (Wildman–Crippen LogP) is 2.49. The molecule has 0 N–H and O–H groups in total. The van der Waals surface area contributed by atoms with Gasteiger partial charge in [-0.25, -0.2) is 0 Å². The van der Waals surface area contributed by atoms with Gasteiger partial charge in [0.05, 0.1) is 12.2 Å². The van der Waals surface area contributed by atoms with Crippen LogP contribution in [0.2, 0.25) is 0 Å². The van der Waals surface area contributed by atoms with Gasteiger partial charge in [0.25, 0.3) is 0 Å². The summed E-state index contributed by atoms with van der Waals surface area (Å²) in [5, 5.41) is 0. The maximum atomic E-state index is 13.0. The monoisotopic (exact) mass is 282 g/mol. The highest BCUT2D eigenvalue weighted by molar-refractivity contribution is 5.90. The molecule has 2 atom stereocenters. The lowest BCUT2D eigenvalue weighted by Crippen LogP contribution is -2.49. The molecule has 114 valence electrons. The van der Waals surface area contributed by atoms with E-state index in [1.807, 2.05) is 6.92 Å². The van der Waals surface area contributed by atoms with Crippen LogP contribution in [0.5, 0.6) is 0 Å². The van der Waals surface area contributed by atoms with Crippen LogP contribution < -0.4 is 0 Å². The number of ether oxygens (including phenoxy) is 3. The van der Waals surface area contributed by atoms with Gasteiger partial charge in [-0.3, -0.25) is 4.79 Å². The second kappa shape index (κ2) is 5.74. The molecule has 0 aromatic rings. The van der Waals surface area contributed by atoms with Crippen LogP contribution >= 0.6 is 0 Å². The van der Waals surface area contributed by atoms with Crippen molar-refractivity contribution in [2.24, 2.45) is 5.92 Å². The van der Waals surface area contributed by atoms with Crippen LogP contribution in [0.3, 0.4) is 0 Å². The molecule has 1 saturated carbocycles. The van der Waals surface area contributed by atoms with Gasteiger partial charge in [0.15, 0.2) is 5.78 Å². The van der Waals surface area contributed by atoms with Crippen LogP contribution in [0.1, 0.15) is 51.9 Å². The summed E-state index contributed by atoms with van der Waals surface area (Å²) < 4.78 is 17.4. The number of Topliss-reactive ketones (excluding diaryl/α,β-unsaturated/α-hetero) is 1. The van der Waals surface area contributed by atoms with E-state index in [1.165, 1.54) is 0 Å². The third-order valence-electron chi connectivity index (χ3n) is 5.21. The average Bonchev–Trinajstić information content (AvgIpc) is 3.10. The van der Waals surface area contributed by atoms with Crippen LogP contribution in [-0.4, -0.2) is 43.4 Å². The number of carbonyl (C=O) groups is 1. The minimum absolute atomic E-state index is 0.0927. The van der Waals surface area contributed by atoms with Gasteiger partial charge in [0, 0.05) is 32.2 Å². The van der Waals surface area contributed by atoms with Crippen LogP contribution in [0.25, 0.3) is 0 Å². The number of carbonyl (C=O) groups excluding carboxylic acids is 1. The predicted molar refractivity (Wildman–Crippen MR) is 74.7 cm³/mol. The Kier molecular flexibility index (Phi) is 4.16. The quantitative estimate of drug-likeness (QED) is 0.794. The van der Waals surface area contributed by atoms with Crippen LogP contribution in [0, 0.1) is 5.92 Å². The first-order valence-electron chi connectivity index (χ1n) is 8.10. The first kappa shape index (κ1) is 14.5. The molecule has 2 unspecified atom stereocenters. The summed E-state index contributed by atoms with van der Waals surface area (Å²) in [5.41, 5.74) is -0.679. The van der Waals surface area contributed by atoms with Gasteiger partial charge < -0.3 is 14.2 Å². The number of hydrogen-bond acceptors (Lipinski definition) is 4. The topological polar surface area (TPSA) is 44.8 Å². The van der Waals surface area contributed by atoms with Crippen molar-refractivity contribution in [3.05, 3.63) is 0 Å². The second-order valence-electron chi connectivity index (χ2n) is 6.52. The fourth-order valence-corrected chi connectivity index (χ4v) is 4.17. The lowest BCUT2D eigenvalue weighted by molar-refractivity contribution is -0.159. The number of rotatable bonds is 4. The summed E-state index contributed by atoms with van der Waals surface area (Å²) in [7, 11) is 0. The molecular formula is C16H26O4. The minimum Gasteiger partial charge on any atom is -0.378 e.